The van der Waals surface area contributed by atoms with Crippen molar-refractivity contribution in [1.29, 1.82) is 0 Å². The Morgan fingerprint density at radius 3 is 2.44 bits per heavy atom. The Kier molecular flexibility index (Phi) is 7.65. The SMILES string of the molecule is CCOc1ccc(CCNC(=O)CN2C(=O)C(C)(C)Oc3cc(C(=O)O)ccc32)cc1OCC. The van der Waals surface area contributed by atoms with Gasteiger partial charge in [-0.05, 0) is 70.0 Å². The van der Waals surface area contributed by atoms with Gasteiger partial charge in [0.2, 0.25) is 5.91 Å². The molecule has 0 radical (unpaired) electrons. The van der Waals surface area contributed by atoms with E-state index in [9.17, 15) is 19.5 Å². The number of anilines is 1. The number of fused-ring (bicyclic) bond motifs is 1. The minimum atomic E-state index is -1.23. The minimum absolute atomic E-state index is 0.0371. The van der Waals surface area contributed by atoms with Gasteiger partial charge >= 0.3 is 5.97 Å². The molecular weight excluding hydrogens is 440 g/mol. The second-order valence-corrected chi connectivity index (χ2v) is 8.24. The lowest BCUT2D eigenvalue weighted by atomic mass is 10.0. The smallest absolute Gasteiger partial charge is 0.335 e. The molecule has 0 fully saturated rings. The first kappa shape index (κ1) is 24.9. The van der Waals surface area contributed by atoms with Gasteiger partial charge in [0.15, 0.2) is 17.1 Å². The van der Waals surface area contributed by atoms with Gasteiger partial charge in [-0.3, -0.25) is 14.5 Å². The van der Waals surface area contributed by atoms with E-state index in [-0.39, 0.29) is 29.7 Å². The summed E-state index contributed by atoms with van der Waals surface area (Å²) in [6.45, 7) is 8.17. The van der Waals surface area contributed by atoms with Gasteiger partial charge in [-0.15, -0.1) is 0 Å². The summed E-state index contributed by atoms with van der Waals surface area (Å²) in [7, 11) is 0. The van der Waals surface area contributed by atoms with Crippen molar-refractivity contribution in [1.82, 2.24) is 5.32 Å². The first-order valence-electron chi connectivity index (χ1n) is 11.2. The van der Waals surface area contributed by atoms with Gasteiger partial charge in [0.25, 0.3) is 5.91 Å². The molecule has 0 atom stereocenters. The summed E-state index contributed by atoms with van der Waals surface area (Å²) < 4.78 is 16.9. The van der Waals surface area contributed by atoms with Gasteiger partial charge in [-0.1, -0.05) is 6.07 Å². The third-order valence-electron chi connectivity index (χ3n) is 5.27. The van der Waals surface area contributed by atoms with Gasteiger partial charge in [-0.25, -0.2) is 4.79 Å². The number of carboxylic acid groups (broad SMARTS) is 1. The predicted octanol–water partition coefficient (Wildman–Crippen LogP) is 3.05. The average Bonchev–Trinajstić information content (AvgIpc) is 2.78. The predicted molar refractivity (Wildman–Crippen MR) is 126 cm³/mol. The molecule has 0 unspecified atom stereocenters. The number of carbonyl (C=O) groups is 3. The zero-order valence-corrected chi connectivity index (χ0v) is 19.8. The van der Waals surface area contributed by atoms with Crippen LogP contribution in [0.5, 0.6) is 17.2 Å². The van der Waals surface area contributed by atoms with Crippen molar-refractivity contribution in [2.45, 2.75) is 39.7 Å². The Hall–Kier alpha value is -3.75. The second kappa shape index (κ2) is 10.5. The highest BCUT2D eigenvalue weighted by Gasteiger charge is 2.41. The maximum atomic E-state index is 12.9. The summed E-state index contributed by atoms with van der Waals surface area (Å²) in [5.41, 5.74) is 0.136. The van der Waals surface area contributed by atoms with Crippen molar-refractivity contribution in [2.75, 3.05) is 31.2 Å². The van der Waals surface area contributed by atoms with Gasteiger partial charge in [-0.2, -0.15) is 0 Å². The normalized spacial score (nSPS) is 14.1. The number of amides is 2. The fraction of sp³-hybridized carbons (Fsp3) is 0.400. The van der Waals surface area contributed by atoms with E-state index >= 15 is 0 Å². The Bertz CT molecular complexity index is 1080. The number of hydrogen-bond donors (Lipinski definition) is 2. The molecule has 1 aliphatic rings. The second-order valence-electron chi connectivity index (χ2n) is 8.24. The van der Waals surface area contributed by atoms with E-state index in [1.54, 1.807) is 13.8 Å². The van der Waals surface area contributed by atoms with E-state index in [0.29, 0.717) is 43.4 Å². The molecule has 0 spiro atoms. The van der Waals surface area contributed by atoms with Crippen LogP contribution in [-0.4, -0.2) is 54.8 Å². The molecule has 2 aromatic rings. The van der Waals surface area contributed by atoms with Gasteiger partial charge in [0.1, 0.15) is 12.3 Å². The average molecular weight is 471 g/mol. The molecule has 0 aliphatic carbocycles. The molecular formula is C25H30N2O7. The molecule has 2 aromatic carbocycles. The fourth-order valence-electron chi connectivity index (χ4n) is 3.66. The van der Waals surface area contributed by atoms with Crippen LogP contribution in [0, 0.1) is 0 Å². The van der Waals surface area contributed by atoms with Crippen molar-refractivity contribution in [3.05, 3.63) is 47.5 Å². The summed E-state index contributed by atoms with van der Waals surface area (Å²) in [4.78, 5) is 38.2. The van der Waals surface area contributed by atoms with Crippen LogP contribution >= 0.6 is 0 Å². The summed E-state index contributed by atoms with van der Waals surface area (Å²) >= 11 is 0. The maximum Gasteiger partial charge on any atom is 0.335 e. The van der Waals surface area contributed by atoms with Crippen LogP contribution in [0.2, 0.25) is 0 Å². The van der Waals surface area contributed by atoms with Crippen molar-refractivity contribution in [2.24, 2.45) is 0 Å². The highest BCUT2D eigenvalue weighted by molar-refractivity contribution is 6.06. The van der Waals surface area contributed by atoms with Crippen LogP contribution in [0.25, 0.3) is 0 Å². The fourth-order valence-corrected chi connectivity index (χ4v) is 3.66. The molecule has 1 aliphatic heterocycles. The molecule has 3 rings (SSSR count). The van der Waals surface area contributed by atoms with E-state index in [4.69, 9.17) is 14.2 Å². The van der Waals surface area contributed by atoms with Crippen LogP contribution in [0.4, 0.5) is 5.69 Å². The molecule has 182 valence electrons. The molecule has 0 bridgehead atoms. The molecule has 34 heavy (non-hydrogen) atoms. The number of nitrogens with zero attached hydrogens (tertiary/aromatic N) is 1. The van der Waals surface area contributed by atoms with Crippen molar-refractivity contribution < 1.29 is 33.7 Å². The summed E-state index contributed by atoms with van der Waals surface area (Å²) in [6, 6.07) is 9.88. The van der Waals surface area contributed by atoms with Crippen LogP contribution in [-0.2, 0) is 16.0 Å². The van der Waals surface area contributed by atoms with Crippen molar-refractivity contribution in [3.63, 3.8) is 0 Å². The molecule has 0 saturated carbocycles. The minimum Gasteiger partial charge on any atom is -0.490 e. The molecule has 0 saturated heterocycles. The number of rotatable bonds is 10. The maximum absolute atomic E-state index is 12.9. The molecule has 9 heteroatoms. The zero-order chi connectivity index (χ0) is 24.9. The number of hydrogen-bond acceptors (Lipinski definition) is 6. The number of carbonyl (C=O) groups excluding carboxylic acids is 2. The molecule has 0 aromatic heterocycles. The topological polar surface area (TPSA) is 114 Å². The third kappa shape index (κ3) is 5.59. The number of benzene rings is 2. The van der Waals surface area contributed by atoms with E-state index in [2.05, 4.69) is 5.32 Å². The van der Waals surface area contributed by atoms with Crippen LogP contribution in [0.1, 0.15) is 43.6 Å². The van der Waals surface area contributed by atoms with Crippen LogP contribution in [0.3, 0.4) is 0 Å². The lowest BCUT2D eigenvalue weighted by Gasteiger charge is -2.38. The summed E-state index contributed by atoms with van der Waals surface area (Å²) in [6.07, 6.45) is 0.569. The van der Waals surface area contributed by atoms with E-state index < -0.39 is 11.6 Å². The Morgan fingerprint density at radius 1 is 1.06 bits per heavy atom. The summed E-state index contributed by atoms with van der Waals surface area (Å²) in [5, 5.41) is 12.1. The third-order valence-corrected chi connectivity index (χ3v) is 5.27. The molecule has 9 nitrogen and oxygen atoms in total. The Morgan fingerprint density at radius 2 is 1.76 bits per heavy atom. The quantitative estimate of drug-likeness (QED) is 0.549. The first-order valence-corrected chi connectivity index (χ1v) is 11.2. The van der Waals surface area contributed by atoms with Crippen LogP contribution < -0.4 is 24.4 Å². The van der Waals surface area contributed by atoms with Crippen molar-refractivity contribution in [3.8, 4) is 17.2 Å². The number of nitrogens with one attached hydrogen (secondary N) is 1. The van der Waals surface area contributed by atoms with E-state index in [1.807, 2.05) is 32.0 Å². The first-order chi connectivity index (χ1) is 16.2. The molecule has 2 amide bonds. The molecule has 2 N–H and O–H groups in total. The lowest BCUT2D eigenvalue weighted by molar-refractivity contribution is -0.134. The van der Waals surface area contributed by atoms with E-state index in [0.717, 1.165) is 5.56 Å². The van der Waals surface area contributed by atoms with E-state index in [1.165, 1.54) is 23.1 Å². The Balaban J connectivity index is 1.66. The number of carboxylic acids is 1. The largest absolute Gasteiger partial charge is 0.490 e. The molecule has 1 heterocycles. The standard InChI is InChI=1S/C25H30N2O7/c1-5-32-19-10-7-16(13-21(19)33-6-2)11-12-26-22(28)15-27-18-9-8-17(23(29)30)14-20(18)34-25(3,4)24(27)31/h7-10,13-14H,5-6,11-12,15H2,1-4H3,(H,26,28)(H,29,30). The number of aromatic carboxylic acids is 1. The Labute approximate surface area is 198 Å². The lowest BCUT2D eigenvalue weighted by Crippen LogP contribution is -2.55. The number of ether oxygens (including phenoxy) is 3. The van der Waals surface area contributed by atoms with Crippen LogP contribution in [0.15, 0.2) is 36.4 Å². The highest BCUT2D eigenvalue weighted by Crippen LogP contribution is 2.38. The van der Waals surface area contributed by atoms with Gasteiger partial charge in [0.05, 0.1) is 24.5 Å². The summed E-state index contributed by atoms with van der Waals surface area (Å²) in [5.74, 6) is -0.245. The zero-order valence-electron chi connectivity index (χ0n) is 19.8. The van der Waals surface area contributed by atoms with Crippen molar-refractivity contribution >= 4 is 23.5 Å². The highest BCUT2D eigenvalue weighted by atomic mass is 16.5. The monoisotopic (exact) mass is 470 g/mol. The van der Waals surface area contributed by atoms with Gasteiger partial charge in [0, 0.05) is 6.54 Å². The van der Waals surface area contributed by atoms with Gasteiger partial charge < -0.3 is 24.6 Å².